The maximum Gasteiger partial charge on any atom is 0.199 e. The van der Waals surface area contributed by atoms with Crippen LogP contribution in [0.1, 0.15) is 11.1 Å². The van der Waals surface area contributed by atoms with Crippen LogP contribution in [0.25, 0.3) is 0 Å². The van der Waals surface area contributed by atoms with Crippen molar-refractivity contribution in [2.45, 2.75) is 18.2 Å². The molecule has 0 saturated carbocycles. The van der Waals surface area contributed by atoms with E-state index in [0.29, 0.717) is 11.3 Å². The van der Waals surface area contributed by atoms with Crippen LogP contribution in [0, 0.1) is 6.92 Å². The van der Waals surface area contributed by atoms with Gasteiger partial charge < -0.3 is 0 Å². The van der Waals surface area contributed by atoms with Crippen molar-refractivity contribution in [2.24, 2.45) is 0 Å². The monoisotopic (exact) mass is 272 g/mol. The summed E-state index contributed by atoms with van der Waals surface area (Å²) in [5.41, 5.74) is 2.14. The van der Waals surface area contributed by atoms with Gasteiger partial charge in [-0.3, -0.25) is 0 Å². The highest BCUT2D eigenvalue weighted by Gasteiger charge is 2.08. The fourth-order valence-electron chi connectivity index (χ4n) is 1.73. The molecule has 3 heteroatoms. The lowest BCUT2D eigenvalue weighted by Gasteiger charge is -2.00. The SMILES string of the molecule is Cc1ccc(S(=O)(=O)/C=C/Cc2ccccc2)cc1. The first kappa shape index (κ1) is 13.6. The van der Waals surface area contributed by atoms with Crippen LogP contribution < -0.4 is 0 Å². The average molecular weight is 272 g/mol. The second-order valence-electron chi connectivity index (χ2n) is 4.42. The summed E-state index contributed by atoms with van der Waals surface area (Å²) in [6.07, 6.45) is 2.30. The molecule has 2 aromatic rings. The first-order chi connectivity index (χ1) is 9.08. The Morgan fingerprint density at radius 3 is 2.21 bits per heavy atom. The van der Waals surface area contributed by atoms with Crippen LogP contribution in [0.15, 0.2) is 71.0 Å². The van der Waals surface area contributed by atoms with Crippen molar-refractivity contribution in [1.82, 2.24) is 0 Å². The fourth-order valence-corrected chi connectivity index (χ4v) is 2.75. The summed E-state index contributed by atoms with van der Waals surface area (Å²) in [5.74, 6) is 0. The van der Waals surface area contributed by atoms with E-state index in [4.69, 9.17) is 0 Å². The number of aryl methyl sites for hydroxylation is 1. The minimum absolute atomic E-state index is 0.336. The molecule has 0 aliphatic heterocycles. The predicted octanol–water partition coefficient (Wildman–Crippen LogP) is 3.53. The Balaban J connectivity index is 2.11. The molecule has 98 valence electrons. The van der Waals surface area contributed by atoms with Crippen LogP contribution in [0.4, 0.5) is 0 Å². The molecule has 0 aromatic heterocycles. The van der Waals surface area contributed by atoms with Gasteiger partial charge in [-0.2, -0.15) is 0 Å². The van der Waals surface area contributed by atoms with Gasteiger partial charge in [-0.15, -0.1) is 0 Å². The van der Waals surface area contributed by atoms with E-state index in [1.54, 1.807) is 30.3 Å². The molecule has 0 atom stereocenters. The Morgan fingerprint density at radius 1 is 0.947 bits per heavy atom. The molecule has 0 heterocycles. The summed E-state index contributed by atoms with van der Waals surface area (Å²) in [5, 5.41) is 1.28. The molecule has 0 aliphatic rings. The third kappa shape index (κ3) is 3.80. The Hall–Kier alpha value is -1.87. The molecule has 0 unspecified atom stereocenters. The van der Waals surface area contributed by atoms with Crippen molar-refractivity contribution in [2.75, 3.05) is 0 Å². The number of hydrogen-bond acceptors (Lipinski definition) is 2. The smallest absolute Gasteiger partial charge is 0.199 e. The standard InChI is InChI=1S/C16H16O2S/c1-14-9-11-16(12-10-14)19(17,18)13-5-8-15-6-3-2-4-7-15/h2-7,9-13H,8H2,1H3/b13-5+. The lowest BCUT2D eigenvalue weighted by Crippen LogP contribution is -1.96. The lowest BCUT2D eigenvalue weighted by molar-refractivity contribution is 0.604. The van der Waals surface area contributed by atoms with Gasteiger partial charge in [-0.1, -0.05) is 54.1 Å². The molecule has 0 amide bonds. The second-order valence-corrected chi connectivity index (χ2v) is 6.25. The largest absolute Gasteiger partial charge is 0.219 e. The maximum absolute atomic E-state index is 12.0. The average Bonchev–Trinajstić information content (AvgIpc) is 2.40. The molecule has 0 aliphatic carbocycles. The zero-order valence-corrected chi connectivity index (χ0v) is 11.6. The zero-order valence-electron chi connectivity index (χ0n) is 10.8. The Kier molecular flexibility index (Phi) is 4.17. The summed E-state index contributed by atoms with van der Waals surface area (Å²) in [6, 6.07) is 16.7. The summed E-state index contributed by atoms with van der Waals surface area (Å²) in [6.45, 7) is 1.93. The van der Waals surface area contributed by atoms with Gasteiger partial charge in [0.15, 0.2) is 9.84 Å². The van der Waals surface area contributed by atoms with E-state index in [2.05, 4.69) is 0 Å². The lowest BCUT2D eigenvalue weighted by atomic mass is 10.2. The van der Waals surface area contributed by atoms with E-state index < -0.39 is 9.84 Å². The number of rotatable bonds is 4. The van der Waals surface area contributed by atoms with Crippen molar-refractivity contribution in [1.29, 1.82) is 0 Å². The van der Waals surface area contributed by atoms with Crippen molar-refractivity contribution in [3.63, 3.8) is 0 Å². The third-order valence-electron chi connectivity index (χ3n) is 2.82. The molecule has 0 bridgehead atoms. The van der Waals surface area contributed by atoms with E-state index in [1.165, 1.54) is 5.41 Å². The van der Waals surface area contributed by atoms with Gasteiger partial charge in [0.25, 0.3) is 0 Å². The van der Waals surface area contributed by atoms with Crippen LogP contribution in [0.3, 0.4) is 0 Å². The quantitative estimate of drug-likeness (QED) is 0.853. The summed E-state index contributed by atoms with van der Waals surface area (Å²) >= 11 is 0. The minimum Gasteiger partial charge on any atom is -0.219 e. The van der Waals surface area contributed by atoms with Crippen molar-refractivity contribution < 1.29 is 8.42 Å². The van der Waals surface area contributed by atoms with Crippen molar-refractivity contribution in [3.05, 3.63) is 77.2 Å². The van der Waals surface area contributed by atoms with Crippen LogP contribution >= 0.6 is 0 Å². The predicted molar refractivity (Wildman–Crippen MR) is 77.7 cm³/mol. The maximum atomic E-state index is 12.0. The van der Waals surface area contributed by atoms with E-state index >= 15 is 0 Å². The van der Waals surface area contributed by atoms with Crippen molar-refractivity contribution >= 4 is 9.84 Å². The van der Waals surface area contributed by atoms with Crippen LogP contribution in [-0.4, -0.2) is 8.42 Å². The molecule has 2 nitrogen and oxygen atoms in total. The van der Waals surface area contributed by atoms with E-state index in [9.17, 15) is 8.42 Å². The Bertz CT molecular complexity index is 654. The molecule has 0 spiro atoms. The summed E-state index contributed by atoms with van der Waals surface area (Å²) < 4.78 is 24.1. The van der Waals surface area contributed by atoms with Crippen LogP contribution in [0.5, 0.6) is 0 Å². The van der Waals surface area contributed by atoms with Gasteiger partial charge >= 0.3 is 0 Å². The molecule has 2 aromatic carbocycles. The highest BCUT2D eigenvalue weighted by molar-refractivity contribution is 7.94. The van der Waals surface area contributed by atoms with Gasteiger partial charge in [0.05, 0.1) is 4.90 Å². The summed E-state index contributed by atoms with van der Waals surface area (Å²) in [7, 11) is -3.33. The van der Waals surface area contributed by atoms with Crippen LogP contribution in [0.2, 0.25) is 0 Å². The number of allylic oxidation sites excluding steroid dienone is 1. The second kappa shape index (κ2) is 5.85. The zero-order chi connectivity index (χ0) is 13.7. The fraction of sp³-hybridized carbons (Fsp3) is 0.125. The number of sulfone groups is 1. The van der Waals surface area contributed by atoms with Gasteiger partial charge in [0, 0.05) is 5.41 Å². The molecule has 0 N–H and O–H groups in total. The molecular weight excluding hydrogens is 256 g/mol. The van der Waals surface area contributed by atoms with Gasteiger partial charge in [0.1, 0.15) is 0 Å². The van der Waals surface area contributed by atoms with E-state index in [1.807, 2.05) is 37.3 Å². The summed E-state index contributed by atoms with van der Waals surface area (Å²) in [4.78, 5) is 0.336. The first-order valence-corrected chi connectivity index (χ1v) is 7.65. The Labute approximate surface area is 114 Å². The molecule has 2 rings (SSSR count). The normalized spacial score (nSPS) is 11.8. The molecule has 19 heavy (non-hydrogen) atoms. The molecule has 0 radical (unpaired) electrons. The number of benzene rings is 2. The van der Waals surface area contributed by atoms with Gasteiger partial charge in [-0.05, 0) is 31.0 Å². The molecular formula is C16H16O2S. The first-order valence-electron chi connectivity index (χ1n) is 6.10. The highest BCUT2D eigenvalue weighted by atomic mass is 32.2. The highest BCUT2D eigenvalue weighted by Crippen LogP contribution is 2.13. The number of hydrogen-bond donors (Lipinski definition) is 0. The van der Waals surface area contributed by atoms with Gasteiger partial charge in [-0.25, -0.2) is 8.42 Å². The molecule has 0 fully saturated rings. The molecule has 0 saturated heterocycles. The van der Waals surface area contributed by atoms with E-state index in [-0.39, 0.29) is 0 Å². The van der Waals surface area contributed by atoms with Crippen LogP contribution in [-0.2, 0) is 16.3 Å². The third-order valence-corrected chi connectivity index (χ3v) is 4.30. The topological polar surface area (TPSA) is 34.1 Å². The van der Waals surface area contributed by atoms with E-state index in [0.717, 1.165) is 11.1 Å². The van der Waals surface area contributed by atoms with Gasteiger partial charge in [0.2, 0.25) is 0 Å². The Morgan fingerprint density at radius 2 is 1.58 bits per heavy atom. The minimum atomic E-state index is -3.33. The van der Waals surface area contributed by atoms with Crippen molar-refractivity contribution in [3.8, 4) is 0 Å².